The average Bonchev–Trinajstić information content (AvgIpc) is 2.53. The Morgan fingerprint density at radius 2 is 2.08 bits per heavy atom. The minimum absolute atomic E-state index is 0.0428. The van der Waals surface area contributed by atoms with Gasteiger partial charge in [-0.1, -0.05) is 32.9 Å². The number of nitrogens with one attached hydrogen (secondary N) is 1. The molecule has 1 aromatic carbocycles. The molecular formula is C19H25NO3S. The van der Waals surface area contributed by atoms with Gasteiger partial charge in [0.05, 0.1) is 5.75 Å². The average molecular weight is 347 g/mol. The lowest BCUT2D eigenvalue weighted by Gasteiger charge is -2.08. The van der Waals surface area contributed by atoms with Gasteiger partial charge < -0.3 is 9.73 Å². The minimum Gasteiger partial charge on any atom is -0.423 e. The Morgan fingerprint density at radius 1 is 1.29 bits per heavy atom. The van der Waals surface area contributed by atoms with Gasteiger partial charge in [0.1, 0.15) is 5.58 Å². The molecule has 4 nitrogen and oxygen atoms in total. The van der Waals surface area contributed by atoms with E-state index in [2.05, 4.69) is 32.2 Å². The van der Waals surface area contributed by atoms with Crippen molar-refractivity contribution in [2.45, 2.75) is 39.4 Å². The summed E-state index contributed by atoms with van der Waals surface area (Å²) in [5, 5.41) is 3.87. The highest BCUT2D eigenvalue weighted by Gasteiger charge is 2.08. The van der Waals surface area contributed by atoms with Crippen LogP contribution in [-0.2, 0) is 17.0 Å². The Balaban J connectivity index is 1.97. The van der Waals surface area contributed by atoms with Crippen LogP contribution in [-0.4, -0.2) is 18.2 Å². The zero-order valence-electron chi connectivity index (χ0n) is 14.6. The summed E-state index contributed by atoms with van der Waals surface area (Å²) < 4.78 is 5.30. The number of amides is 1. The molecule has 1 N–H and O–H groups in total. The van der Waals surface area contributed by atoms with Crippen LogP contribution in [0.25, 0.3) is 11.0 Å². The van der Waals surface area contributed by atoms with Crippen molar-refractivity contribution in [3.05, 3.63) is 45.8 Å². The molecule has 1 amide bonds. The Morgan fingerprint density at radius 3 is 2.79 bits per heavy atom. The van der Waals surface area contributed by atoms with Crippen LogP contribution >= 0.6 is 11.8 Å². The summed E-state index contributed by atoms with van der Waals surface area (Å²) in [5.74, 6) is 1.64. The number of rotatable bonds is 8. The molecule has 1 heterocycles. The third kappa shape index (κ3) is 5.41. The van der Waals surface area contributed by atoms with E-state index in [0.29, 0.717) is 29.6 Å². The Labute approximate surface area is 147 Å². The van der Waals surface area contributed by atoms with Gasteiger partial charge in [0.15, 0.2) is 0 Å². The molecule has 0 saturated heterocycles. The van der Waals surface area contributed by atoms with Gasteiger partial charge >= 0.3 is 5.63 Å². The molecule has 2 aromatic rings. The fraction of sp³-hybridized carbons (Fsp3) is 0.474. The molecule has 0 aliphatic carbocycles. The maximum Gasteiger partial charge on any atom is 0.336 e. The van der Waals surface area contributed by atoms with Crippen LogP contribution in [0.5, 0.6) is 0 Å². The molecule has 0 spiro atoms. The van der Waals surface area contributed by atoms with Crippen LogP contribution in [0.1, 0.15) is 38.3 Å². The molecule has 5 heteroatoms. The molecule has 0 unspecified atom stereocenters. The lowest BCUT2D eigenvalue weighted by molar-refractivity contribution is -0.118. The van der Waals surface area contributed by atoms with Crippen molar-refractivity contribution in [1.29, 1.82) is 0 Å². The van der Waals surface area contributed by atoms with Gasteiger partial charge in [-0.25, -0.2) is 4.79 Å². The quantitative estimate of drug-likeness (QED) is 0.739. The third-order valence-electron chi connectivity index (χ3n) is 3.84. The zero-order valence-corrected chi connectivity index (χ0v) is 15.4. The van der Waals surface area contributed by atoms with Crippen molar-refractivity contribution in [2.24, 2.45) is 5.92 Å². The lowest BCUT2D eigenvalue weighted by atomic mass is 10.1. The van der Waals surface area contributed by atoms with Crippen molar-refractivity contribution in [1.82, 2.24) is 5.32 Å². The summed E-state index contributed by atoms with van der Waals surface area (Å²) in [6.07, 6.45) is 1.88. The molecule has 0 bridgehead atoms. The van der Waals surface area contributed by atoms with Crippen molar-refractivity contribution in [3.63, 3.8) is 0 Å². The van der Waals surface area contributed by atoms with Gasteiger partial charge in [0, 0.05) is 23.8 Å². The highest BCUT2D eigenvalue weighted by Crippen LogP contribution is 2.22. The van der Waals surface area contributed by atoms with Crippen molar-refractivity contribution in [3.8, 4) is 0 Å². The second kappa shape index (κ2) is 8.92. The van der Waals surface area contributed by atoms with Crippen molar-refractivity contribution < 1.29 is 9.21 Å². The molecule has 24 heavy (non-hydrogen) atoms. The Kier molecular flexibility index (Phi) is 6.91. The number of aryl methyl sites for hydroxylation is 1. The van der Waals surface area contributed by atoms with E-state index < -0.39 is 0 Å². The number of fused-ring (bicyclic) bond motifs is 1. The smallest absolute Gasteiger partial charge is 0.336 e. The second-order valence-electron chi connectivity index (χ2n) is 6.30. The van der Waals surface area contributed by atoms with Crippen LogP contribution in [0.2, 0.25) is 0 Å². The number of thioether (sulfide) groups is 1. The first-order valence-electron chi connectivity index (χ1n) is 8.39. The van der Waals surface area contributed by atoms with Crippen LogP contribution < -0.4 is 10.9 Å². The lowest BCUT2D eigenvalue weighted by Crippen LogP contribution is -2.27. The minimum atomic E-state index is -0.340. The van der Waals surface area contributed by atoms with E-state index in [4.69, 9.17) is 4.42 Å². The zero-order chi connectivity index (χ0) is 17.5. The molecule has 0 aliphatic rings. The summed E-state index contributed by atoms with van der Waals surface area (Å²) in [7, 11) is 0. The fourth-order valence-corrected chi connectivity index (χ4v) is 3.27. The van der Waals surface area contributed by atoms with Crippen LogP contribution in [0, 0.1) is 5.92 Å². The Bertz CT molecular complexity index is 752. The van der Waals surface area contributed by atoms with Gasteiger partial charge in [0.25, 0.3) is 0 Å². The maximum atomic E-state index is 11.8. The molecule has 0 fully saturated rings. The van der Waals surface area contributed by atoms with Gasteiger partial charge in [-0.05, 0) is 36.0 Å². The standard InChI is InChI=1S/C19H25NO3S/c1-4-14-5-6-16-15(10-19(22)23-17(16)9-14)11-24-12-18(21)20-8-7-13(2)3/h5-6,9-10,13H,4,7-8,11-12H2,1-3H3,(H,20,21). The van der Waals surface area contributed by atoms with E-state index in [0.717, 1.165) is 29.4 Å². The largest absolute Gasteiger partial charge is 0.423 e. The predicted molar refractivity (Wildman–Crippen MR) is 100 cm³/mol. The van der Waals surface area contributed by atoms with Crippen LogP contribution in [0.4, 0.5) is 0 Å². The SMILES string of the molecule is CCc1ccc2c(CSCC(=O)NCCC(C)C)cc(=O)oc2c1. The molecule has 1 aromatic heterocycles. The van der Waals surface area contributed by atoms with E-state index in [1.165, 1.54) is 17.8 Å². The topological polar surface area (TPSA) is 59.3 Å². The number of carbonyl (C=O) groups excluding carboxylic acids is 1. The summed E-state index contributed by atoms with van der Waals surface area (Å²) in [5.41, 5.74) is 2.34. The van der Waals surface area contributed by atoms with E-state index in [-0.39, 0.29) is 11.5 Å². The molecular weight excluding hydrogens is 322 g/mol. The highest BCUT2D eigenvalue weighted by molar-refractivity contribution is 7.99. The molecule has 0 radical (unpaired) electrons. The molecule has 0 saturated carbocycles. The number of hydrogen-bond acceptors (Lipinski definition) is 4. The first-order chi connectivity index (χ1) is 11.5. The Hall–Kier alpha value is -1.75. The van der Waals surface area contributed by atoms with Crippen LogP contribution in [0.15, 0.2) is 33.5 Å². The normalized spacial score (nSPS) is 11.2. The first-order valence-corrected chi connectivity index (χ1v) is 9.55. The number of benzene rings is 1. The fourth-order valence-electron chi connectivity index (χ4n) is 2.42. The van der Waals surface area contributed by atoms with Gasteiger partial charge in [0.2, 0.25) is 5.91 Å². The highest BCUT2D eigenvalue weighted by atomic mass is 32.2. The summed E-state index contributed by atoms with van der Waals surface area (Å²) in [6.45, 7) is 7.06. The van der Waals surface area contributed by atoms with Gasteiger partial charge in [-0.3, -0.25) is 4.79 Å². The monoisotopic (exact) mass is 347 g/mol. The van der Waals surface area contributed by atoms with E-state index >= 15 is 0 Å². The van der Waals surface area contributed by atoms with E-state index in [1.54, 1.807) is 0 Å². The predicted octanol–water partition coefficient (Wildman–Crippen LogP) is 3.75. The third-order valence-corrected chi connectivity index (χ3v) is 4.82. The van der Waals surface area contributed by atoms with Gasteiger partial charge in [-0.2, -0.15) is 0 Å². The van der Waals surface area contributed by atoms with Crippen LogP contribution in [0.3, 0.4) is 0 Å². The second-order valence-corrected chi connectivity index (χ2v) is 7.29. The molecule has 130 valence electrons. The van der Waals surface area contributed by atoms with E-state index in [1.807, 2.05) is 12.1 Å². The summed E-state index contributed by atoms with van der Waals surface area (Å²) in [4.78, 5) is 23.6. The number of hydrogen-bond donors (Lipinski definition) is 1. The summed E-state index contributed by atoms with van der Waals surface area (Å²) >= 11 is 1.51. The van der Waals surface area contributed by atoms with Gasteiger partial charge in [-0.15, -0.1) is 11.8 Å². The molecule has 0 atom stereocenters. The first kappa shape index (κ1) is 18.6. The number of carbonyl (C=O) groups is 1. The van der Waals surface area contributed by atoms with Crippen molar-refractivity contribution >= 4 is 28.6 Å². The summed E-state index contributed by atoms with van der Waals surface area (Å²) in [6, 6.07) is 7.49. The molecule has 2 rings (SSSR count). The maximum absolute atomic E-state index is 11.8. The molecule has 0 aliphatic heterocycles. The van der Waals surface area contributed by atoms with Crippen molar-refractivity contribution in [2.75, 3.05) is 12.3 Å². The van der Waals surface area contributed by atoms with E-state index in [9.17, 15) is 9.59 Å².